The van der Waals surface area contributed by atoms with E-state index in [-0.39, 0.29) is 0 Å². The second-order valence-electron chi connectivity index (χ2n) is 3.20. The van der Waals surface area contributed by atoms with Crippen molar-refractivity contribution in [1.82, 2.24) is 5.32 Å². The molecule has 0 radical (unpaired) electrons. The molecule has 0 aromatic carbocycles. The molecule has 3 heteroatoms. The van der Waals surface area contributed by atoms with Crippen molar-refractivity contribution >= 4 is 22.7 Å². The van der Waals surface area contributed by atoms with Crippen molar-refractivity contribution in [3.05, 3.63) is 46.5 Å². The molecule has 1 nitrogen and oxygen atoms in total. The topological polar surface area (TPSA) is 12.0 Å². The van der Waals surface area contributed by atoms with E-state index in [0.717, 1.165) is 13.1 Å². The summed E-state index contributed by atoms with van der Waals surface area (Å²) in [4.78, 5) is 2.72. The smallest absolute Gasteiger partial charge is 0.0351 e. The maximum absolute atomic E-state index is 3.68. The summed E-state index contributed by atoms with van der Waals surface area (Å²) in [5.74, 6) is 0. The molecule has 0 amide bonds. The van der Waals surface area contributed by atoms with Crippen LogP contribution in [0.5, 0.6) is 0 Å². The Morgan fingerprint density at radius 2 is 2.33 bits per heavy atom. The lowest BCUT2D eigenvalue weighted by atomic mass is 10.2. The molecule has 0 saturated heterocycles. The first-order valence-corrected chi connectivity index (χ1v) is 6.59. The third-order valence-electron chi connectivity index (χ3n) is 2.05. The van der Waals surface area contributed by atoms with E-state index < -0.39 is 0 Å². The number of thiophene rings is 2. The van der Waals surface area contributed by atoms with Crippen LogP contribution >= 0.6 is 22.7 Å². The van der Waals surface area contributed by atoms with E-state index in [1.165, 1.54) is 15.3 Å². The van der Waals surface area contributed by atoms with Crippen molar-refractivity contribution in [2.45, 2.75) is 6.54 Å². The summed E-state index contributed by atoms with van der Waals surface area (Å²) in [7, 11) is 0. The molecule has 1 N–H and O–H groups in total. The lowest BCUT2D eigenvalue weighted by molar-refractivity contribution is 0.771. The predicted molar refractivity (Wildman–Crippen MR) is 69.5 cm³/mol. The van der Waals surface area contributed by atoms with Gasteiger partial charge < -0.3 is 5.32 Å². The summed E-state index contributed by atoms with van der Waals surface area (Å²) in [6, 6.07) is 6.51. The Morgan fingerprint density at radius 1 is 1.40 bits per heavy atom. The van der Waals surface area contributed by atoms with Crippen LogP contribution in [-0.2, 0) is 6.54 Å². The molecule has 2 aromatic rings. The second kappa shape index (κ2) is 5.26. The highest BCUT2D eigenvalue weighted by atomic mass is 32.1. The van der Waals surface area contributed by atoms with Crippen LogP contribution in [0.1, 0.15) is 4.88 Å². The van der Waals surface area contributed by atoms with Gasteiger partial charge in [-0.2, -0.15) is 0 Å². The minimum absolute atomic E-state index is 0.867. The van der Waals surface area contributed by atoms with E-state index in [9.17, 15) is 0 Å². The standard InChI is InChI=1S/C12H13NS2/c1-2-5-13-8-11-7-10(9-15-11)12-4-3-6-14-12/h2-4,6-7,9,13H,1,5,8H2. The van der Waals surface area contributed by atoms with Crippen LogP contribution in [0, 0.1) is 0 Å². The first-order chi connectivity index (χ1) is 7.40. The summed E-state index contributed by atoms with van der Waals surface area (Å²) >= 11 is 3.60. The van der Waals surface area contributed by atoms with Gasteiger partial charge in [-0.3, -0.25) is 0 Å². The molecule has 0 atom stereocenters. The van der Waals surface area contributed by atoms with E-state index in [1.807, 2.05) is 17.4 Å². The number of hydrogen-bond donors (Lipinski definition) is 1. The summed E-state index contributed by atoms with van der Waals surface area (Å²) in [6.45, 7) is 5.48. The molecule has 0 unspecified atom stereocenters. The molecule has 0 aliphatic heterocycles. The third-order valence-corrected chi connectivity index (χ3v) is 3.90. The molecular formula is C12H13NS2. The van der Waals surface area contributed by atoms with Crippen LogP contribution in [0.25, 0.3) is 10.4 Å². The van der Waals surface area contributed by atoms with Gasteiger partial charge >= 0.3 is 0 Å². The Morgan fingerprint density at radius 3 is 3.07 bits per heavy atom. The van der Waals surface area contributed by atoms with Gasteiger partial charge in [-0.25, -0.2) is 0 Å². The van der Waals surface area contributed by atoms with E-state index >= 15 is 0 Å². The maximum Gasteiger partial charge on any atom is 0.0351 e. The Kier molecular flexibility index (Phi) is 3.72. The van der Waals surface area contributed by atoms with E-state index in [0.29, 0.717) is 0 Å². The largest absolute Gasteiger partial charge is 0.308 e. The minimum Gasteiger partial charge on any atom is -0.308 e. The number of rotatable bonds is 5. The zero-order valence-electron chi connectivity index (χ0n) is 8.40. The maximum atomic E-state index is 3.68. The zero-order chi connectivity index (χ0) is 10.5. The van der Waals surface area contributed by atoms with Crippen LogP contribution in [0.3, 0.4) is 0 Å². The Labute approximate surface area is 98.1 Å². The van der Waals surface area contributed by atoms with Gasteiger partial charge in [0.2, 0.25) is 0 Å². The summed E-state index contributed by atoms with van der Waals surface area (Å²) in [5.41, 5.74) is 1.34. The van der Waals surface area contributed by atoms with Gasteiger partial charge in [0.1, 0.15) is 0 Å². The Hall–Kier alpha value is -0.900. The van der Waals surface area contributed by atoms with Gasteiger partial charge in [-0.05, 0) is 22.9 Å². The van der Waals surface area contributed by atoms with Gasteiger partial charge in [-0.15, -0.1) is 29.3 Å². The van der Waals surface area contributed by atoms with Gasteiger partial charge in [0, 0.05) is 28.4 Å². The summed E-state index contributed by atoms with van der Waals surface area (Å²) in [5, 5.41) is 7.64. The van der Waals surface area contributed by atoms with Gasteiger partial charge in [0.05, 0.1) is 0 Å². The molecule has 2 heterocycles. The van der Waals surface area contributed by atoms with E-state index in [2.05, 4.69) is 40.9 Å². The highest BCUT2D eigenvalue weighted by Crippen LogP contribution is 2.28. The van der Waals surface area contributed by atoms with Crippen molar-refractivity contribution in [2.75, 3.05) is 6.54 Å². The lowest BCUT2D eigenvalue weighted by Crippen LogP contribution is -2.11. The van der Waals surface area contributed by atoms with Crippen LogP contribution < -0.4 is 5.32 Å². The van der Waals surface area contributed by atoms with Crippen molar-refractivity contribution in [3.8, 4) is 10.4 Å². The van der Waals surface area contributed by atoms with Crippen LogP contribution in [0.4, 0.5) is 0 Å². The molecule has 0 spiro atoms. The highest BCUT2D eigenvalue weighted by molar-refractivity contribution is 7.14. The molecule has 0 bridgehead atoms. The van der Waals surface area contributed by atoms with E-state index in [1.54, 1.807) is 11.3 Å². The molecule has 2 aromatic heterocycles. The highest BCUT2D eigenvalue weighted by Gasteiger charge is 2.02. The first-order valence-electron chi connectivity index (χ1n) is 4.83. The average Bonchev–Trinajstić information content (AvgIpc) is 2.87. The Bertz CT molecular complexity index is 415. The molecule has 0 aliphatic carbocycles. The summed E-state index contributed by atoms with van der Waals surface area (Å²) in [6.07, 6.45) is 1.88. The first kappa shape index (κ1) is 10.6. The monoisotopic (exact) mass is 235 g/mol. The van der Waals surface area contributed by atoms with Gasteiger partial charge in [0.25, 0.3) is 0 Å². The van der Waals surface area contributed by atoms with E-state index in [4.69, 9.17) is 0 Å². The third kappa shape index (κ3) is 2.78. The molecular weight excluding hydrogens is 222 g/mol. The van der Waals surface area contributed by atoms with Crippen molar-refractivity contribution in [3.63, 3.8) is 0 Å². The molecule has 0 saturated carbocycles. The molecule has 2 rings (SSSR count). The average molecular weight is 235 g/mol. The van der Waals surface area contributed by atoms with Crippen LogP contribution in [-0.4, -0.2) is 6.54 Å². The minimum atomic E-state index is 0.867. The molecule has 0 aliphatic rings. The summed E-state index contributed by atoms with van der Waals surface area (Å²) < 4.78 is 0. The quantitative estimate of drug-likeness (QED) is 0.615. The second-order valence-corrected chi connectivity index (χ2v) is 5.14. The van der Waals surface area contributed by atoms with Gasteiger partial charge in [-0.1, -0.05) is 12.1 Å². The van der Waals surface area contributed by atoms with Crippen LogP contribution in [0.15, 0.2) is 41.6 Å². The fourth-order valence-corrected chi connectivity index (χ4v) is 2.99. The fourth-order valence-electron chi connectivity index (χ4n) is 1.34. The Balaban J connectivity index is 2.01. The normalized spacial score (nSPS) is 10.4. The molecule has 78 valence electrons. The molecule has 0 fully saturated rings. The number of nitrogens with one attached hydrogen (secondary N) is 1. The SMILES string of the molecule is C=CCNCc1cc(-c2cccs2)cs1. The number of hydrogen-bond acceptors (Lipinski definition) is 3. The zero-order valence-corrected chi connectivity index (χ0v) is 10.0. The van der Waals surface area contributed by atoms with Crippen LogP contribution in [0.2, 0.25) is 0 Å². The van der Waals surface area contributed by atoms with Gasteiger partial charge in [0.15, 0.2) is 0 Å². The predicted octanol–water partition coefficient (Wildman–Crippen LogP) is 3.75. The fraction of sp³-hybridized carbons (Fsp3) is 0.167. The van der Waals surface area contributed by atoms with Crippen molar-refractivity contribution < 1.29 is 0 Å². The van der Waals surface area contributed by atoms with Crippen molar-refractivity contribution in [1.29, 1.82) is 0 Å². The lowest BCUT2D eigenvalue weighted by Gasteiger charge is -1.96. The molecule has 15 heavy (non-hydrogen) atoms. The van der Waals surface area contributed by atoms with Crippen molar-refractivity contribution in [2.24, 2.45) is 0 Å².